The van der Waals surface area contributed by atoms with Crippen LogP contribution < -0.4 is 10.3 Å². The van der Waals surface area contributed by atoms with Gasteiger partial charge in [0.1, 0.15) is 11.6 Å². The van der Waals surface area contributed by atoms with E-state index in [0.29, 0.717) is 23.4 Å². The van der Waals surface area contributed by atoms with E-state index in [2.05, 4.69) is 15.0 Å². The number of nitrogens with one attached hydrogen (secondary N) is 1. The van der Waals surface area contributed by atoms with Crippen molar-refractivity contribution in [2.24, 2.45) is 0 Å². The van der Waals surface area contributed by atoms with Crippen LogP contribution in [0.5, 0.6) is 5.75 Å². The number of nitro groups is 1. The van der Waals surface area contributed by atoms with Crippen LogP contribution >= 0.6 is 0 Å². The zero-order valence-corrected chi connectivity index (χ0v) is 12.1. The molecule has 0 unspecified atom stereocenters. The van der Waals surface area contributed by atoms with Crippen molar-refractivity contribution in [3.05, 3.63) is 57.0 Å². The van der Waals surface area contributed by atoms with Crippen LogP contribution in [-0.2, 0) is 0 Å². The second-order valence-corrected chi connectivity index (χ2v) is 4.66. The Balaban J connectivity index is 2.26. The van der Waals surface area contributed by atoms with E-state index >= 15 is 0 Å². The number of pyridine rings is 1. The number of nitrogens with zero attached hydrogens (tertiary/aromatic N) is 3. The molecule has 116 valence electrons. The minimum Gasteiger partial charge on any atom is -0.493 e. The highest BCUT2D eigenvalue weighted by Gasteiger charge is 2.16. The normalized spacial score (nSPS) is 10.7. The Bertz CT molecular complexity index is 952. The average molecular weight is 312 g/mol. The summed E-state index contributed by atoms with van der Waals surface area (Å²) in [5.41, 5.74) is 0.431. The second-order valence-electron chi connectivity index (χ2n) is 4.66. The third kappa shape index (κ3) is 2.73. The number of hydrogen-bond acceptors (Lipinski definition) is 6. The van der Waals surface area contributed by atoms with Gasteiger partial charge in [-0.05, 0) is 25.1 Å². The number of fused-ring (bicyclic) bond motifs is 1. The molecule has 0 saturated carbocycles. The Morgan fingerprint density at radius 2 is 2.17 bits per heavy atom. The molecule has 3 rings (SSSR count). The molecule has 3 aromatic rings. The molecule has 2 aromatic heterocycles. The molecule has 1 N–H and O–H groups in total. The number of H-pyrrole nitrogens is 1. The van der Waals surface area contributed by atoms with Gasteiger partial charge in [0, 0.05) is 18.3 Å². The molecule has 0 atom stereocenters. The smallest absolute Gasteiger partial charge is 0.277 e. The molecular weight excluding hydrogens is 300 g/mol. The van der Waals surface area contributed by atoms with Gasteiger partial charge in [-0.3, -0.25) is 14.9 Å². The topological polar surface area (TPSA) is 111 Å². The lowest BCUT2D eigenvalue weighted by Gasteiger charge is -2.09. The van der Waals surface area contributed by atoms with Crippen LogP contribution in [0.4, 0.5) is 5.69 Å². The standard InChI is InChI=1S/C15H12N4O4/c1-2-23-12-6-5-9(19(21)22)8-10(12)14-17-11-4-3-7-16-13(11)15(20)18-14/h3-8H,2H2,1H3,(H,17,18,20). The summed E-state index contributed by atoms with van der Waals surface area (Å²) in [5.74, 6) is 0.604. The van der Waals surface area contributed by atoms with E-state index in [-0.39, 0.29) is 17.0 Å². The zero-order valence-electron chi connectivity index (χ0n) is 12.1. The van der Waals surface area contributed by atoms with Gasteiger partial charge in [-0.25, -0.2) is 9.97 Å². The molecule has 0 aliphatic heterocycles. The zero-order chi connectivity index (χ0) is 16.4. The van der Waals surface area contributed by atoms with E-state index < -0.39 is 10.5 Å². The van der Waals surface area contributed by atoms with Crippen LogP contribution in [0.25, 0.3) is 22.4 Å². The quantitative estimate of drug-likeness (QED) is 0.584. The molecule has 0 amide bonds. The first-order valence-corrected chi connectivity index (χ1v) is 6.87. The highest BCUT2D eigenvalue weighted by Crippen LogP contribution is 2.31. The molecule has 0 bridgehead atoms. The summed E-state index contributed by atoms with van der Waals surface area (Å²) in [6, 6.07) is 7.47. The lowest BCUT2D eigenvalue weighted by molar-refractivity contribution is -0.384. The number of non-ortho nitro benzene ring substituents is 1. The van der Waals surface area contributed by atoms with E-state index in [9.17, 15) is 14.9 Å². The summed E-state index contributed by atoms with van der Waals surface area (Å²) < 4.78 is 5.48. The Hall–Kier alpha value is -3.29. The molecule has 0 aliphatic rings. The highest BCUT2D eigenvalue weighted by atomic mass is 16.6. The van der Waals surface area contributed by atoms with E-state index in [1.807, 2.05) is 0 Å². The molecule has 8 nitrogen and oxygen atoms in total. The summed E-state index contributed by atoms with van der Waals surface area (Å²) in [6.07, 6.45) is 1.50. The molecule has 23 heavy (non-hydrogen) atoms. The number of rotatable bonds is 4. The Morgan fingerprint density at radius 3 is 2.91 bits per heavy atom. The molecule has 0 saturated heterocycles. The van der Waals surface area contributed by atoms with Crippen molar-refractivity contribution in [3.63, 3.8) is 0 Å². The number of hydrogen-bond donors (Lipinski definition) is 1. The van der Waals surface area contributed by atoms with Gasteiger partial charge >= 0.3 is 0 Å². The van der Waals surface area contributed by atoms with Gasteiger partial charge in [0.2, 0.25) is 0 Å². The third-order valence-electron chi connectivity index (χ3n) is 3.19. The molecular formula is C15H12N4O4. The molecule has 8 heteroatoms. The van der Waals surface area contributed by atoms with Crippen LogP contribution in [0.3, 0.4) is 0 Å². The van der Waals surface area contributed by atoms with Gasteiger partial charge in [0.05, 0.1) is 22.6 Å². The Kier molecular flexibility index (Phi) is 3.71. The third-order valence-corrected chi connectivity index (χ3v) is 3.19. The fourth-order valence-corrected chi connectivity index (χ4v) is 2.20. The first-order valence-electron chi connectivity index (χ1n) is 6.87. The van der Waals surface area contributed by atoms with Crippen molar-refractivity contribution in [1.29, 1.82) is 0 Å². The monoisotopic (exact) mass is 312 g/mol. The van der Waals surface area contributed by atoms with Crippen LogP contribution in [0.15, 0.2) is 41.3 Å². The minimum atomic E-state index is -0.514. The fraction of sp³-hybridized carbons (Fsp3) is 0.133. The van der Waals surface area contributed by atoms with E-state index in [0.717, 1.165) is 0 Å². The van der Waals surface area contributed by atoms with Gasteiger partial charge < -0.3 is 9.72 Å². The van der Waals surface area contributed by atoms with Crippen molar-refractivity contribution in [2.75, 3.05) is 6.61 Å². The minimum absolute atomic E-state index is 0.114. The Labute approximate surface area is 129 Å². The molecule has 0 radical (unpaired) electrons. The molecule has 0 spiro atoms. The van der Waals surface area contributed by atoms with Crippen LogP contribution in [-0.4, -0.2) is 26.5 Å². The van der Waals surface area contributed by atoms with Crippen molar-refractivity contribution < 1.29 is 9.66 Å². The number of aromatic amines is 1. The Morgan fingerprint density at radius 1 is 1.35 bits per heavy atom. The number of benzene rings is 1. The van der Waals surface area contributed by atoms with Crippen molar-refractivity contribution in [2.45, 2.75) is 6.92 Å². The van der Waals surface area contributed by atoms with Gasteiger partial charge in [0.25, 0.3) is 11.2 Å². The van der Waals surface area contributed by atoms with Crippen molar-refractivity contribution in [3.8, 4) is 17.1 Å². The van der Waals surface area contributed by atoms with Gasteiger partial charge in [-0.15, -0.1) is 0 Å². The summed E-state index contributed by atoms with van der Waals surface area (Å²) in [4.78, 5) is 33.5. The average Bonchev–Trinajstić information content (AvgIpc) is 2.55. The maximum atomic E-state index is 12.1. The predicted octanol–water partition coefficient (Wildman–Crippen LogP) is 2.29. The first kappa shape index (κ1) is 14.6. The fourth-order valence-electron chi connectivity index (χ4n) is 2.20. The van der Waals surface area contributed by atoms with Gasteiger partial charge in [-0.1, -0.05) is 0 Å². The highest BCUT2D eigenvalue weighted by molar-refractivity contribution is 5.77. The largest absolute Gasteiger partial charge is 0.493 e. The van der Waals surface area contributed by atoms with Crippen LogP contribution in [0, 0.1) is 10.1 Å². The summed E-state index contributed by atoms with van der Waals surface area (Å²) >= 11 is 0. The van der Waals surface area contributed by atoms with E-state index in [1.54, 1.807) is 19.1 Å². The van der Waals surface area contributed by atoms with Gasteiger partial charge in [0.15, 0.2) is 5.52 Å². The van der Waals surface area contributed by atoms with Crippen LogP contribution in [0.1, 0.15) is 6.92 Å². The summed E-state index contributed by atoms with van der Waals surface area (Å²) in [5, 5.41) is 11.0. The maximum Gasteiger partial charge on any atom is 0.277 e. The SMILES string of the molecule is CCOc1ccc([N+](=O)[O-])cc1-c1nc2cccnc2c(=O)[nH]1. The summed E-state index contributed by atoms with van der Waals surface area (Å²) in [6.45, 7) is 2.18. The molecule has 1 aromatic carbocycles. The van der Waals surface area contributed by atoms with Gasteiger partial charge in [-0.2, -0.15) is 0 Å². The number of aromatic nitrogens is 3. The van der Waals surface area contributed by atoms with Crippen molar-refractivity contribution in [1.82, 2.24) is 15.0 Å². The molecule has 0 fully saturated rings. The number of nitro benzene ring substituents is 1. The molecule has 2 heterocycles. The molecule has 0 aliphatic carbocycles. The second kappa shape index (κ2) is 5.84. The predicted molar refractivity (Wildman–Crippen MR) is 83.4 cm³/mol. The van der Waals surface area contributed by atoms with Crippen LogP contribution in [0.2, 0.25) is 0 Å². The van der Waals surface area contributed by atoms with E-state index in [4.69, 9.17) is 4.74 Å². The summed E-state index contributed by atoms with van der Waals surface area (Å²) in [7, 11) is 0. The van der Waals surface area contributed by atoms with E-state index in [1.165, 1.54) is 24.4 Å². The number of ether oxygens (including phenoxy) is 1. The maximum absolute atomic E-state index is 12.1. The first-order chi connectivity index (χ1) is 11.1. The lowest BCUT2D eigenvalue weighted by atomic mass is 10.1. The lowest BCUT2D eigenvalue weighted by Crippen LogP contribution is -2.11. The van der Waals surface area contributed by atoms with Crippen molar-refractivity contribution >= 4 is 16.7 Å².